The van der Waals surface area contributed by atoms with Gasteiger partial charge >= 0.3 is 0 Å². The Morgan fingerprint density at radius 2 is 2.00 bits per heavy atom. The largest absolute Gasteiger partial charge is 0.490 e. The average molecular weight is 377 g/mol. The average Bonchev–Trinajstić information content (AvgIpc) is 2.89. The highest BCUT2D eigenvalue weighted by atomic mass is 32.2. The lowest BCUT2D eigenvalue weighted by molar-refractivity contribution is -0.124. The summed E-state index contributed by atoms with van der Waals surface area (Å²) in [7, 11) is 0. The molecule has 3 rings (SSSR count). The number of thiocarbonyl (C=S) groups is 1. The van der Waals surface area contributed by atoms with Crippen molar-refractivity contribution in [3.05, 3.63) is 47.4 Å². The predicted molar refractivity (Wildman–Crippen MR) is 104 cm³/mol. The highest BCUT2D eigenvalue weighted by molar-refractivity contribution is 8.26. The summed E-state index contributed by atoms with van der Waals surface area (Å²) in [5.74, 6) is 0.741. The Bertz CT molecular complexity index is 682. The van der Waals surface area contributed by atoms with Crippen molar-refractivity contribution in [2.75, 3.05) is 39.6 Å². The minimum atomic E-state index is -0.0338. The lowest BCUT2D eigenvalue weighted by Crippen LogP contribution is -2.45. The van der Waals surface area contributed by atoms with Crippen molar-refractivity contribution in [2.24, 2.45) is 0 Å². The summed E-state index contributed by atoms with van der Waals surface area (Å²) in [4.78, 5) is 17.2. The molecule has 0 spiro atoms. The maximum Gasteiger partial charge on any atom is 0.267 e. The molecule has 0 bridgehead atoms. The quantitative estimate of drug-likeness (QED) is 0.432. The fraction of sp³-hybridized carbons (Fsp3) is 0.333. The second kappa shape index (κ2) is 8.62. The van der Waals surface area contributed by atoms with Crippen molar-refractivity contribution >= 4 is 40.3 Å². The third kappa shape index (κ3) is 4.70. The first kappa shape index (κ1) is 18.1. The summed E-state index contributed by atoms with van der Waals surface area (Å²) in [6.45, 7) is 7.67. The number of benzene rings is 1. The van der Waals surface area contributed by atoms with E-state index in [9.17, 15) is 4.79 Å². The molecule has 1 amide bonds. The highest BCUT2D eigenvalue weighted by Gasteiger charge is 2.33. The first-order valence-corrected chi connectivity index (χ1v) is 9.29. The molecule has 0 aromatic heterocycles. The van der Waals surface area contributed by atoms with Crippen molar-refractivity contribution in [3.63, 3.8) is 0 Å². The van der Waals surface area contributed by atoms with Gasteiger partial charge in [0.25, 0.3) is 5.91 Å². The van der Waals surface area contributed by atoms with Crippen LogP contribution in [0.5, 0.6) is 5.75 Å². The fourth-order valence-electron chi connectivity index (χ4n) is 2.53. The first-order chi connectivity index (χ1) is 12.2. The summed E-state index contributed by atoms with van der Waals surface area (Å²) in [6.07, 6.45) is 3.57. The molecule has 1 aromatic rings. The molecule has 2 aliphatic heterocycles. The topological polar surface area (TPSA) is 42.0 Å². The van der Waals surface area contributed by atoms with E-state index in [4.69, 9.17) is 21.7 Å². The monoisotopic (exact) mass is 376 g/mol. The van der Waals surface area contributed by atoms with Gasteiger partial charge in [-0.05, 0) is 23.8 Å². The zero-order valence-electron chi connectivity index (χ0n) is 13.8. The fourth-order valence-corrected chi connectivity index (χ4v) is 3.77. The smallest absolute Gasteiger partial charge is 0.267 e. The highest BCUT2D eigenvalue weighted by Crippen LogP contribution is 2.32. The number of morpholine rings is 1. The standard InChI is InChI=1S/C18H20N2O3S2/c1-2-9-23-15-5-3-14(4-6-15)12-16-17(21)20(18(24)25-16)13-19-7-10-22-11-8-19/h2-6,12H,1,7-11,13H2/b16-12-. The predicted octanol–water partition coefficient (Wildman–Crippen LogP) is 2.74. The number of hydrogen-bond donors (Lipinski definition) is 0. The number of hydrogen-bond acceptors (Lipinski definition) is 6. The maximum atomic E-state index is 12.7. The minimum absolute atomic E-state index is 0.0338. The van der Waals surface area contributed by atoms with E-state index in [0.29, 0.717) is 35.7 Å². The van der Waals surface area contributed by atoms with Crippen LogP contribution in [0.3, 0.4) is 0 Å². The Balaban J connectivity index is 1.66. The van der Waals surface area contributed by atoms with E-state index in [0.717, 1.165) is 24.4 Å². The maximum absolute atomic E-state index is 12.7. The van der Waals surface area contributed by atoms with E-state index in [-0.39, 0.29) is 5.91 Å². The van der Waals surface area contributed by atoms with Crippen LogP contribution in [0.25, 0.3) is 6.08 Å². The van der Waals surface area contributed by atoms with Crippen LogP contribution in [-0.4, -0.2) is 59.6 Å². The Hall–Kier alpha value is -1.67. The number of amides is 1. The molecule has 2 fully saturated rings. The zero-order chi connectivity index (χ0) is 17.6. The van der Waals surface area contributed by atoms with Crippen LogP contribution in [0.1, 0.15) is 5.56 Å². The van der Waals surface area contributed by atoms with Gasteiger partial charge in [0, 0.05) is 13.1 Å². The van der Waals surface area contributed by atoms with Crippen molar-refractivity contribution in [1.82, 2.24) is 9.80 Å². The molecule has 7 heteroatoms. The van der Waals surface area contributed by atoms with Gasteiger partial charge in [-0.1, -0.05) is 48.8 Å². The lowest BCUT2D eigenvalue weighted by atomic mass is 10.2. The van der Waals surface area contributed by atoms with Gasteiger partial charge in [0.2, 0.25) is 0 Å². The second-order valence-corrected chi connectivity index (χ2v) is 7.33. The number of carbonyl (C=O) groups excluding carboxylic acids is 1. The molecule has 0 aliphatic carbocycles. The summed E-state index contributed by atoms with van der Waals surface area (Å²) in [5.41, 5.74) is 0.942. The SMILES string of the molecule is C=CCOc1ccc(/C=C2\SC(=S)N(CN3CCOCC3)C2=O)cc1. The van der Waals surface area contributed by atoms with Crippen molar-refractivity contribution in [1.29, 1.82) is 0 Å². The van der Waals surface area contributed by atoms with Crippen molar-refractivity contribution in [3.8, 4) is 5.75 Å². The van der Waals surface area contributed by atoms with Gasteiger partial charge in [0.15, 0.2) is 0 Å². The van der Waals surface area contributed by atoms with E-state index in [1.54, 1.807) is 11.0 Å². The summed E-state index contributed by atoms with van der Waals surface area (Å²) in [6, 6.07) is 7.60. The van der Waals surface area contributed by atoms with E-state index in [2.05, 4.69) is 11.5 Å². The van der Waals surface area contributed by atoms with Crippen molar-refractivity contribution in [2.45, 2.75) is 0 Å². The number of rotatable bonds is 6. The summed E-state index contributed by atoms with van der Waals surface area (Å²) < 4.78 is 11.4. The number of thioether (sulfide) groups is 1. The van der Waals surface area contributed by atoms with E-state index in [1.165, 1.54) is 11.8 Å². The van der Waals surface area contributed by atoms with Crippen LogP contribution in [0, 0.1) is 0 Å². The zero-order valence-corrected chi connectivity index (χ0v) is 15.5. The molecular weight excluding hydrogens is 356 g/mol. The minimum Gasteiger partial charge on any atom is -0.490 e. The van der Waals surface area contributed by atoms with Gasteiger partial charge in [-0.25, -0.2) is 0 Å². The number of nitrogens with zero attached hydrogens (tertiary/aromatic N) is 2. The van der Waals surface area contributed by atoms with Crippen LogP contribution in [0.15, 0.2) is 41.8 Å². The van der Waals surface area contributed by atoms with Gasteiger partial charge in [0.05, 0.1) is 24.8 Å². The molecule has 0 atom stereocenters. The van der Waals surface area contributed by atoms with Gasteiger partial charge in [-0.15, -0.1) is 0 Å². The number of ether oxygens (including phenoxy) is 2. The Morgan fingerprint density at radius 1 is 1.28 bits per heavy atom. The van der Waals surface area contributed by atoms with Crippen LogP contribution in [0.4, 0.5) is 0 Å². The van der Waals surface area contributed by atoms with E-state index in [1.807, 2.05) is 30.3 Å². The summed E-state index contributed by atoms with van der Waals surface area (Å²) in [5, 5.41) is 0. The van der Waals surface area contributed by atoms with Crippen LogP contribution in [-0.2, 0) is 9.53 Å². The molecule has 5 nitrogen and oxygen atoms in total. The molecule has 0 radical (unpaired) electrons. The Kier molecular flexibility index (Phi) is 6.25. The molecule has 0 N–H and O–H groups in total. The molecule has 2 saturated heterocycles. The molecule has 2 aliphatic rings. The molecule has 2 heterocycles. The molecular formula is C18H20N2O3S2. The van der Waals surface area contributed by atoms with Gasteiger partial charge < -0.3 is 9.47 Å². The third-order valence-corrected chi connectivity index (χ3v) is 5.24. The molecule has 0 saturated carbocycles. The Labute approximate surface area is 157 Å². The molecule has 0 unspecified atom stereocenters. The van der Waals surface area contributed by atoms with Crippen molar-refractivity contribution < 1.29 is 14.3 Å². The normalized spacial score (nSPS) is 20.3. The lowest BCUT2D eigenvalue weighted by Gasteiger charge is -2.29. The van der Waals surface area contributed by atoms with Crippen LogP contribution >= 0.6 is 24.0 Å². The van der Waals surface area contributed by atoms with E-state index >= 15 is 0 Å². The van der Waals surface area contributed by atoms with Gasteiger partial charge in [-0.2, -0.15) is 0 Å². The van der Waals surface area contributed by atoms with E-state index < -0.39 is 0 Å². The second-order valence-electron chi connectivity index (χ2n) is 5.65. The van der Waals surface area contributed by atoms with Gasteiger partial charge in [0.1, 0.15) is 16.7 Å². The Morgan fingerprint density at radius 3 is 2.68 bits per heavy atom. The third-order valence-electron chi connectivity index (χ3n) is 3.86. The first-order valence-electron chi connectivity index (χ1n) is 8.06. The summed E-state index contributed by atoms with van der Waals surface area (Å²) >= 11 is 6.74. The molecule has 25 heavy (non-hydrogen) atoms. The van der Waals surface area contributed by atoms with Crippen LogP contribution < -0.4 is 4.74 Å². The number of carbonyl (C=O) groups is 1. The van der Waals surface area contributed by atoms with Crippen LogP contribution in [0.2, 0.25) is 0 Å². The molecule has 132 valence electrons. The van der Waals surface area contributed by atoms with Gasteiger partial charge in [-0.3, -0.25) is 14.6 Å². The molecule has 1 aromatic carbocycles.